The van der Waals surface area contributed by atoms with Crippen LogP contribution in [0.5, 0.6) is 0 Å². The summed E-state index contributed by atoms with van der Waals surface area (Å²) in [6, 6.07) is 9.93. The van der Waals surface area contributed by atoms with Gasteiger partial charge in [-0.2, -0.15) is 17.5 Å². The fourth-order valence-electron chi connectivity index (χ4n) is 4.99. The molecule has 2 saturated heterocycles. The molecule has 4 rings (SSSR count). The first-order valence-corrected chi connectivity index (χ1v) is 16.2. The van der Waals surface area contributed by atoms with E-state index in [1.165, 1.54) is 34.3 Å². The minimum atomic E-state index is -5.08. The van der Waals surface area contributed by atoms with Crippen molar-refractivity contribution < 1.29 is 41.1 Å². The molecular weight excluding hydrogens is 631 g/mol. The van der Waals surface area contributed by atoms with Crippen LogP contribution < -0.4 is 15.5 Å². The third kappa shape index (κ3) is 10.9. The summed E-state index contributed by atoms with van der Waals surface area (Å²) >= 11 is 0. The van der Waals surface area contributed by atoms with Crippen LogP contribution in [0.2, 0.25) is 0 Å². The number of rotatable bonds is 9. The maximum absolute atomic E-state index is 13.0. The van der Waals surface area contributed by atoms with E-state index in [1.54, 1.807) is 19.4 Å². The molecular formula is C29H40F3N7O6S. The Labute approximate surface area is 266 Å². The van der Waals surface area contributed by atoms with Crippen molar-refractivity contribution in [1.29, 1.82) is 0 Å². The number of aliphatic carboxylic acids is 1. The van der Waals surface area contributed by atoms with E-state index in [-0.39, 0.29) is 10.9 Å². The van der Waals surface area contributed by atoms with Crippen LogP contribution in [-0.2, 0) is 24.4 Å². The van der Waals surface area contributed by atoms with Crippen molar-refractivity contribution in [2.75, 3.05) is 76.7 Å². The minimum Gasteiger partial charge on any atom is -0.475 e. The molecule has 0 saturated carbocycles. The van der Waals surface area contributed by atoms with Gasteiger partial charge >= 0.3 is 24.0 Å². The molecule has 1 aromatic carbocycles. The van der Waals surface area contributed by atoms with Crippen LogP contribution in [-0.4, -0.2) is 129 Å². The summed E-state index contributed by atoms with van der Waals surface area (Å²) < 4.78 is 59.3. The Morgan fingerprint density at radius 1 is 0.957 bits per heavy atom. The number of carboxylic acid groups (broad SMARTS) is 1. The van der Waals surface area contributed by atoms with Crippen LogP contribution in [0.1, 0.15) is 19.3 Å². The quantitative estimate of drug-likeness (QED) is 0.265. The molecule has 0 unspecified atom stereocenters. The summed E-state index contributed by atoms with van der Waals surface area (Å²) in [4.78, 5) is 44.6. The molecule has 0 aliphatic carbocycles. The Balaban J connectivity index is 0.000000738. The number of nitrogens with one attached hydrogen (secondary N) is 2. The lowest BCUT2D eigenvalue weighted by Gasteiger charge is -2.36. The number of sulfonamides is 1. The minimum absolute atomic E-state index is 0.0362. The lowest BCUT2D eigenvalue weighted by Crippen LogP contribution is -2.47. The van der Waals surface area contributed by atoms with Gasteiger partial charge in [0.15, 0.2) is 0 Å². The van der Waals surface area contributed by atoms with Crippen LogP contribution in [0.3, 0.4) is 0 Å². The molecule has 2 amide bonds. The van der Waals surface area contributed by atoms with Gasteiger partial charge in [-0.1, -0.05) is 0 Å². The Morgan fingerprint density at radius 3 is 2.07 bits per heavy atom. The van der Waals surface area contributed by atoms with Gasteiger partial charge in [0, 0.05) is 69.6 Å². The number of anilines is 2. The van der Waals surface area contributed by atoms with E-state index in [0.717, 1.165) is 65.1 Å². The number of aromatic nitrogens is 1. The molecule has 3 N–H and O–H groups in total. The second-order valence-electron chi connectivity index (χ2n) is 11.0. The van der Waals surface area contributed by atoms with Gasteiger partial charge in [0.05, 0.1) is 4.90 Å². The van der Waals surface area contributed by atoms with Crippen molar-refractivity contribution in [2.24, 2.45) is 0 Å². The van der Waals surface area contributed by atoms with E-state index in [0.29, 0.717) is 12.2 Å². The lowest BCUT2D eigenvalue weighted by atomic mass is 10.1. The number of nitrogens with zero attached hydrogens (tertiary/aromatic N) is 5. The van der Waals surface area contributed by atoms with Gasteiger partial charge in [0.25, 0.3) is 0 Å². The molecule has 2 aromatic rings. The number of piperazine rings is 1. The summed E-state index contributed by atoms with van der Waals surface area (Å²) in [5, 5.41) is 12.3. The van der Waals surface area contributed by atoms with E-state index in [9.17, 15) is 31.2 Å². The number of benzene rings is 1. The second kappa shape index (κ2) is 16.7. The zero-order chi connectivity index (χ0) is 33.9. The number of amides is 2. The van der Waals surface area contributed by atoms with Gasteiger partial charge in [-0.05, 0) is 82.3 Å². The molecule has 13 nitrogen and oxygen atoms in total. The number of alkyl halides is 3. The highest BCUT2D eigenvalue weighted by Crippen LogP contribution is 2.23. The average Bonchev–Trinajstić information content (AvgIpc) is 3.04. The molecule has 1 aromatic heterocycles. The largest absolute Gasteiger partial charge is 0.490 e. The van der Waals surface area contributed by atoms with Gasteiger partial charge in [0.1, 0.15) is 0 Å². The summed E-state index contributed by atoms with van der Waals surface area (Å²) in [6.07, 6.45) is 0.843. The molecule has 254 valence electrons. The maximum Gasteiger partial charge on any atom is 0.490 e. The van der Waals surface area contributed by atoms with Crippen molar-refractivity contribution in [3.8, 4) is 0 Å². The van der Waals surface area contributed by atoms with E-state index in [1.807, 2.05) is 19.2 Å². The third-order valence-electron chi connectivity index (χ3n) is 7.78. The SMILES string of the molecule is CN1CCC(N(C)S(=O)(=O)c2ccc(NC(=O)C(=O)NCCCN3CCN(c4ccncc4)CC3)cc2)CC1.O=C(O)C(F)(F)F. The molecule has 0 spiro atoms. The zero-order valence-electron chi connectivity index (χ0n) is 25.7. The number of carbonyl (C=O) groups excluding carboxylic acids is 2. The van der Waals surface area contributed by atoms with Crippen molar-refractivity contribution >= 4 is 39.2 Å². The Morgan fingerprint density at radius 2 is 1.52 bits per heavy atom. The predicted octanol–water partition coefficient (Wildman–Crippen LogP) is 1.70. The number of likely N-dealkylation sites (tertiary alicyclic amines) is 1. The smallest absolute Gasteiger partial charge is 0.475 e. The normalized spacial score (nSPS) is 16.8. The first-order chi connectivity index (χ1) is 21.7. The molecule has 0 bridgehead atoms. The van der Waals surface area contributed by atoms with Crippen LogP contribution in [0, 0.1) is 0 Å². The van der Waals surface area contributed by atoms with Crippen molar-refractivity contribution in [1.82, 2.24) is 24.4 Å². The van der Waals surface area contributed by atoms with E-state index in [2.05, 4.69) is 30.3 Å². The third-order valence-corrected chi connectivity index (χ3v) is 9.70. The Hall–Kier alpha value is -3.80. The highest BCUT2D eigenvalue weighted by Gasteiger charge is 2.38. The van der Waals surface area contributed by atoms with Gasteiger partial charge in [-0.15, -0.1) is 0 Å². The predicted molar refractivity (Wildman–Crippen MR) is 165 cm³/mol. The van der Waals surface area contributed by atoms with E-state index < -0.39 is 34.0 Å². The van der Waals surface area contributed by atoms with Crippen molar-refractivity contribution in [3.05, 3.63) is 48.8 Å². The molecule has 46 heavy (non-hydrogen) atoms. The summed E-state index contributed by atoms with van der Waals surface area (Å²) in [5.41, 5.74) is 1.54. The van der Waals surface area contributed by atoms with E-state index >= 15 is 0 Å². The number of piperidine rings is 1. The topological polar surface area (TPSA) is 155 Å². The zero-order valence-corrected chi connectivity index (χ0v) is 26.6. The number of carbonyl (C=O) groups is 3. The second-order valence-corrected chi connectivity index (χ2v) is 13.0. The molecule has 0 atom stereocenters. The standard InChI is InChI=1S/C27H39N7O4S.C2HF3O2/c1-31-16-10-23(11-17-31)32(2)39(37,38)25-6-4-22(5-7-25)30-27(36)26(35)29-12-3-15-33-18-20-34(21-19-33)24-8-13-28-14-9-24;3-2(4,5)1(6)7/h4-9,13-14,23H,3,10-12,15-21H2,1-2H3,(H,29,35)(H,30,36);(H,6,7). The molecule has 3 heterocycles. The fourth-order valence-corrected chi connectivity index (χ4v) is 6.40. The van der Waals surface area contributed by atoms with Gasteiger partial charge < -0.3 is 25.5 Å². The average molecular weight is 672 g/mol. The van der Waals surface area contributed by atoms with Crippen molar-refractivity contribution in [2.45, 2.75) is 36.4 Å². The lowest BCUT2D eigenvalue weighted by molar-refractivity contribution is -0.192. The summed E-state index contributed by atoms with van der Waals surface area (Å²) in [6.45, 7) is 6.72. The number of hydrogen-bond acceptors (Lipinski definition) is 9. The highest BCUT2D eigenvalue weighted by molar-refractivity contribution is 7.89. The highest BCUT2D eigenvalue weighted by atomic mass is 32.2. The number of pyridine rings is 1. The van der Waals surface area contributed by atoms with Crippen LogP contribution in [0.25, 0.3) is 0 Å². The number of halogens is 3. The Kier molecular flexibility index (Phi) is 13.3. The maximum atomic E-state index is 13.0. The molecule has 2 fully saturated rings. The molecule has 2 aliphatic heterocycles. The number of carboxylic acids is 1. The van der Waals surface area contributed by atoms with Gasteiger partial charge in [0.2, 0.25) is 10.0 Å². The summed E-state index contributed by atoms with van der Waals surface area (Å²) in [7, 11) is 0.00683. The van der Waals surface area contributed by atoms with Gasteiger partial charge in [-0.3, -0.25) is 19.5 Å². The van der Waals surface area contributed by atoms with Gasteiger partial charge in [-0.25, -0.2) is 13.2 Å². The molecule has 0 radical (unpaired) electrons. The summed E-state index contributed by atoms with van der Waals surface area (Å²) in [5.74, 6) is -4.25. The van der Waals surface area contributed by atoms with Crippen LogP contribution in [0.15, 0.2) is 53.7 Å². The Bertz CT molecular complexity index is 1400. The monoisotopic (exact) mass is 671 g/mol. The van der Waals surface area contributed by atoms with E-state index in [4.69, 9.17) is 9.90 Å². The fraction of sp³-hybridized carbons (Fsp3) is 0.517. The van der Waals surface area contributed by atoms with Crippen LogP contribution >= 0.6 is 0 Å². The van der Waals surface area contributed by atoms with Crippen LogP contribution in [0.4, 0.5) is 24.5 Å². The molecule has 2 aliphatic rings. The first kappa shape index (κ1) is 36.7. The number of hydrogen-bond donors (Lipinski definition) is 3. The van der Waals surface area contributed by atoms with Crippen molar-refractivity contribution in [3.63, 3.8) is 0 Å². The first-order valence-electron chi connectivity index (χ1n) is 14.7. The molecule has 17 heteroatoms.